The van der Waals surface area contributed by atoms with Crippen LogP contribution in [0.2, 0.25) is 0 Å². The Balaban J connectivity index is 1.30. The van der Waals surface area contributed by atoms with Gasteiger partial charge < -0.3 is 10.3 Å². The summed E-state index contributed by atoms with van der Waals surface area (Å²) in [5.41, 5.74) is 7.52. The SMILES string of the molecule is Cc1ccccc1Cn1nc(CNCCc2nc3ccccc3[nH]2)c(-c2ccccc2)n1. The summed E-state index contributed by atoms with van der Waals surface area (Å²) in [7, 11) is 0. The Hall–Kier alpha value is -3.77. The first kappa shape index (κ1) is 20.2. The van der Waals surface area contributed by atoms with E-state index in [2.05, 4.69) is 64.7 Å². The Morgan fingerprint density at radius 1 is 0.875 bits per heavy atom. The van der Waals surface area contributed by atoms with Crippen LogP contribution in [0.15, 0.2) is 78.9 Å². The van der Waals surface area contributed by atoms with Crippen molar-refractivity contribution in [2.75, 3.05) is 6.54 Å². The Morgan fingerprint density at radius 3 is 2.50 bits per heavy atom. The lowest BCUT2D eigenvalue weighted by atomic mass is 10.1. The third-order valence-corrected chi connectivity index (χ3v) is 5.61. The second-order valence-electron chi connectivity index (χ2n) is 7.95. The highest BCUT2D eigenvalue weighted by atomic mass is 15.5. The fraction of sp³-hybridized carbons (Fsp3) is 0.192. The number of nitrogens with zero attached hydrogens (tertiary/aromatic N) is 4. The number of para-hydroxylation sites is 2. The largest absolute Gasteiger partial charge is 0.342 e. The molecule has 0 radical (unpaired) electrons. The molecule has 0 aliphatic carbocycles. The standard InChI is InChI=1S/C26H26N6/c1-19-9-5-6-12-21(19)18-32-30-24(26(31-32)20-10-3-2-4-11-20)17-27-16-15-25-28-22-13-7-8-14-23(22)29-25/h2-14,27H,15-18H2,1H3,(H,28,29). The molecule has 0 saturated heterocycles. The maximum Gasteiger partial charge on any atom is 0.117 e. The summed E-state index contributed by atoms with van der Waals surface area (Å²) in [6.07, 6.45) is 0.826. The molecule has 0 bridgehead atoms. The lowest BCUT2D eigenvalue weighted by Crippen LogP contribution is -2.18. The average molecular weight is 423 g/mol. The molecule has 0 spiro atoms. The zero-order valence-electron chi connectivity index (χ0n) is 18.1. The zero-order valence-corrected chi connectivity index (χ0v) is 18.1. The van der Waals surface area contributed by atoms with Gasteiger partial charge in [-0.25, -0.2) is 4.98 Å². The molecule has 0 fully saturated rings. The molecular weight excluding hydrogens is 396 g/mol. The highest BCUT2D eigenvalue weighted by Crippen LogP contribution is 2.21. The van der Waals surface area contributed by atoms with Crippen molar-refractivity contribution in [2.45, 2.75) is 26.4 Å². The van der Waals surface area contributed by atoms with E-state index in [1.165, 1.54) is 11.1 Å². The zero-order chi connectivity index (χ0) is 21.8. The molecule has 5 rings (SSSR count). The summed E-state index contributed by atoms with van der Waals surface area (Å²) in [5, 5.41) is 13.2. The molecule has 2 aromatic heterocycles. The molecule has 0 saturated carbocycles. The van der Waals surface area contributed by atoms with Gasteiger partial charge in [0.1, 0.15) is 17.2 Å². The van der Waals surface area contributed by atoms with Gasteiger partial charge in [-0.2, -0.15) is 15.0 Å². The normalized spacial score (nSPS) is 11.3. The van der Waals surface area contributed by atoms with Crippen LogP contribution >= 0.6 is 0 Å². The van der Waals surface area contributed by atoms with Crippen LogP contribution < -0.4 is 5.32 Å². The summed E-state index contributed by atoms with van der Waals surface area (Å²) in [5.74, 6) is 0.991. The van der Waals surface area contributed by atoms with Crippen LogP contribution in [0.3, 0.4) is 0 Å². The molecule has 0 unspecified atom stereocenters. The van der Waals surface area contributed by atoms with Crippen molar-refractivity contribution >= 4 is 11.0 Å². The highest BCUT2D eigenvalue weighted by molar-refractivity contribution is 5.74. The number of imidazole rings is 1. The molecule has 5 aromatic rings. The molecule has 6 nitrogen and oxygen atoms in total. The van der Waals surface area contributed by atoms with Crippen molar-refractivity contribution in [2.24, 2.45) is 0 Å². The summed E-state index contributed by atoms with van der Waals surface area (Å²) in [6, 6.07) is 26.7. The van der Waals surface area contributed by atoms with Crippen molar-refractivity contribution in [1.82, 2.24) is 30.3 Å². The van der Waals surface area contributed by atoms with Gasteiger partial charge in [-0.15, -0.1) is 0 Å². The van der Waals surface area contributed by atoms with Crippen molar-refractivity contribution in [1.29, 1.82) is 0 Å². The van der Waals surface area contributed by atoms with E-state index in [9.17, 15) is 0 Å². The van der Waals surface area contributed by atoms with Crippen LogP contribution in [-0.2, 0) is 19.5 Å². The maximum atomic E-state index is 4.83. The first-order valence-corrected chi connectivity index (χ1v) is 10.9. The smallest absolute Gasteiger partial charge is 0.117 e. The number of rotatable bonds is 8. The Labute approximate surface area is 187 Å². The summed E-state index contributed by atoms with van der Waals surface area (Å²) < 4.78 is 0. The molecule has 6 heteroatoms. The third kappa shape index (κ3) is 4.45. The van der Waals surface area contributed by atoms with Crippen LogP contribution in [-0.4, -0.2) is 31.5 Å². The monoisotopic (exact) mass is 422 g/mol. The minimum absolute atomic E-state index is 0.651. The Bertz CT molecular complexity index is 1290. The maximum absolute atomic E-state index is 4.83. The Kier molecular flexibility index (Phi) is 5.77. The molecule has 2 heterocycles. The van der Waals surface area contributed by atoms with Gasteiger partial charge in [-0.3, -0.25) is 0 Å². The number of aromatic nitrogens is 5. The van der Waals surface area contributed by atoms with Gasteiger partial charge in [0, 0.05) is 25.1 Å². The lowest BCUT2D eigenvalue weighted by Gasteiger charge is -2.04. The minimum Gasteiger partial charge on any atom is -0.342 e. The van der Waals surface area contributed by atoms with Crippen molar-refractivity contribution in [3.8, 4) is 11.3 Å². The second-order valence-corrected chi connectivity index (χ2v) is 7.95. The van der Waals surface area contributed by atoms with Gasteiger partial charge in [0.15, 0.2) is 0 Å². The number of benzene rings is 3. The van der Waals surface area contributed by atoms with Crippen LogP contribution in [0.1, 0.15) is 22.6 Å². The second kappa shape index (κ2) is 9.16. The number of H-pyrrole nitrogens is 1. The molecule has 2 N–H and O–H groups in total. The van der Waals surface area contributed by atoms with E-state index < -0.39 is 0 Å². The van der Waals surface area contributed by atoms with Gasteiger partial charge in [0.25, 0.3) is 0 Å². The van der Waals surface area contributed by atoms with E-state index in [1.54, 1.807) is 4.80 Å². The van der Waals surface area contributed by atoms with E-state index in [-0.39, 0.29) is 0 Å². The number of fused-ring (bicyclic) bond motifs is 1. The van der Waals surface area contributed by atoms with Gasteiger partial charge in [0.2, 0.25) is 0 Å². The van der Waals surface area contributed by atoms with Crippen molar-refractivity contribution < 1.29 is 0 Å². The lowest BCUT2D eigenvalue weighted by molar-refractivity contribution is 0.574. The molecule has 3 aromatic carbocycles. The summed E-state index contributed by atoms with van der Waals surface area (Å²) in [6.45, 7) is 4.24. The van der Waals surface area contributed by atoms with E-state index in [1.807, 2.05) is 36.4 Å². The van der Waals surface area contributed by atoms with E-state index in [0.29, 0.717) is 13.1 Å². The van der Waals surface area contributed by atoms with Gasteiger partial charge in [-0.05, 0) is 30.2 Å². The van der Waals surface area contributed by atoms with Gasteiger partial charge in [0.05, 0.1) is 17.6 Å². The number of aryl methyl sites for hydroxylation is 1. The van der Waals surface area contributed by atoms with Gasteiger partial charge >= 0.3 is 0 Å². The highest BCUT2D eigenvalue weighted by Gasteiger charge is 2.14. The molecule has 32 heavy (non-hydrogen) atoms. The molecular formula is C26H26N6. The summed E-state index contributed by atoms with van der Waals surface area (Å²) >= 11 is 0. The van der Waals surface area contributed by atoms with Crippen molar-refractivity contribution in [3.63, 3.8) is 0 Å². The van der Waals surface area contributed by atoms with E-state index >= 15 is 0 Å². The van der Waals surface area contributed by atoms with Crippen LogP contribution in [0, 0.1) is 6.92 Å². The topological polar surface area (TPSA) is 71.4 Å². The predicted octanol–water partition coefficient (Wildman–Crippen LogP) is 4.51. The quantitative estimate of drug-likeness (QED) is 0.361. The fourth-order valence-corrected chi connectivity index (χ4v) is 3.87. The fourth-order valence-electron chi connectivity index (χ4n) is 3.87. The number of hydrogen-bond donors (Lipinski definition) is 2. The van der Waals surface area contributed by atoms with Gasteiger partial charge in [-0.1, -0.05) is 66.7 Å². The van der Waals surface area contributed by atoms with Crippen molar-refractivity contribution in [3.05, 3.63) is 102 Å². The first-order valence-electron chi connectivity index (χ1n) is 10.9. The molecule has 160 valence electrons. The minimum atomic E-state index is 0.651. The number of aromatic amines is 1. The molecule has 0 aliphatic rings. The summed E-state index contributed by atoms with van der Waals surface area (Å²) in [4.78, 5) is 9.85. The van der Waals surface area contributed by atoms with Crippen LogP contribution in [0.4, 0.5) is 0 Å². The average Bonchev–Trinajstić information content (AvgIpc) is 3.42. The molecule has 0 aliphatic heterocycles. The predicted molar refractivity (Wildman–Crippen MR) is 127 cm³/mol. The number of hydrogen-bond acceptors (Lipinski definition) is 4. The van der Waals surface area contributed by atoms with Crippen LogP contribution in [0.25, 0.3) is 22.3 Å². The third-order valence-electron chi connectivity index (χ3n) is 5.61. The first-order chi connectivity index (χ1) is 15.8. The van der Waals surface area contributed by atoms with E-state index in [4.69, 9.17) is 10.2 Å². The molecule has 0 atom stereocenters. The molecule has 0 amide bonds. The van der Waals surface area contributed by atoms with E-state index in [0.717, 1.165) is 46.8 Å². The number of nitrogens with one attached hydrogen (secondary N) is 2. The van der Waals surface area contributed by atoms with Crippen LogP contribution in [0.5, 0.6) is 0 Å². The Morgan fingerprint density at radius 2 is 1.66 bits per heavy atom.